The Labute approximate surface area is 138 Å². The molecule has 0 spiro atoms. The van der Waals surface area contributed by atoms with Crippen LogP contribution in [0.1, 0.15) is 17.5 Å². The summed E-state index contributed by atoms with van der Waals surface area (Å²) in [5.41, 5.74) is 0.551. The second-order valence-electron chi connectivity index (χ2n) is 5.58. The predicted molar refractivity (Wildman–Crippen MR) is 87.5 cm³/mol. The molecule has 0 saturated carbocycles. The van der Waals surface area contributed by atoms with Crippen LogP contribution in [0.4, 0.5) is 16.0 Å². The second kappa shape index (κ2) is 6.74. The normalized spacial score (nSPS) is 14.6. The number of hydrogen-bond acceptors (Lipinski definition) is 4. The minimum absolute atomic E-state index is 0.179. The number of piperazine rings is 1. The quantitative estimate of drug-likeness (QED) is 0.937. The SMILES string of the molecule is CC(=O)Nc1ccc(C(=O)N2CCN(c3ccccc3F)CC2)o1. The minimum Gasteiger partial charge on any atom is -0.435 e. The molecule has 1 aromatic heterocycles. The minimum atomic E-state index is -0.262. The van der Waals surface area contributed by atoms with Crippen molar-refractivity contribution in [3.05, 3.63) is 48.0 Å². The number of nitrogens with one attached hydrogen (secondary N) is 1. The first-order valence-electron chi connectivity index (χ1n) is 7.71. The van der Waals surface area contributed by atoms with Crippen LogP contribution in [0, 0.1) is 5.82 Å². The van der Waals surface area contributed by atoms with Gasteiger partial charge in [-0.25, -0.2) is 4.39 Å². The average molecular weight is 331 g/mol. The molecule has 1 N–H and O–H groups in total. The Kier molecular flexibility index (Phi) is 4.50. The van der Waals surface area contributed by atoms with Crippen LogP contribution in [0.2, 0.25) is 0 Å². The van der Waals surface area contributed by atoms with E-state index in [2.05, 4.69) is 5.32 Å². The number of para-hydroxylation sites is 1. The van der Waals surface area contributed by atoms with Crippen LogP contribution < -0.4 is 10.2 Å². The number of hydrogen-bond donors (Lipinski definition) is 1. The van der Waals surface area contributed by atoms with Crippen LogP contribution in [-0.2, 0) is 4.79 Å². The predicted octanol–water partition coefficient (Wildman–Crippen LogP) is 2.34. The van der Waals surface area contributed by atoms with Crippen molar-refractivity contribution in [1.29, 1.82) is 0 Å². The Morgan fingerprint density at radius 3 is 2.46 bits per heavy atom. The Morgan fingerprint density at radius 2 is 1.79 bits per heavy atom. The molecule has 126 valence electrons. The van der Waals surface area contributed by atoms with Gasteiger partial charge in [-0.15, -0.1) is 0 Å². The maximum Gasteiger partial charge on any atom is 0.289 e. The van der Waals surface area contributed by atoms with E-state index in [9.17, 15) is 14.0 Å². The molecule has 1 aliphatic rings. The Balaban J connectivity index is 1.62. The van der Waals surface area contributed by atoms with Gasteiger partial charge in [0.05, 0.1) is 5.69 Å². The van der Waals surface area contributed by atoms with E-state index in [1.165, 1.54) is 19.1 Å². The Hall–Kier alpha value is -2.83. The monoisotopic (exact) mass is 331 g/mol. The van der Waals surface area contributed by atoms with Gasteiger partial charge in [0.15, 0.2) is 11.6 Å². The smallest absolute Gasteiger partial charge is 0.289 e. The number of carbonyl (C=O) groups excluding carboxylic acids is 2. The first-order chi connectivity index (χ1) is 11.5. The lowest BCUT2D eigenvalue weighted by Gasteiger charge is -2.35. The van der Waals surface area contributed by atoms with Crippen molar-refractivity contribution in [2.45, 2.75) is 6.92 Å². The van der Waals surface area contributed by atoms with Gasteiger partial charge in [-0.05, 0) is 18.2 Å². The fourth-order valence-electron chi connectivity index (χ4n) is 2.71. The maximum atomic E-state index is 13.8. The van der Waals surface area contributed by atoms with Crippen LogP contribution in [0.5, 0.6) is 0 Å². The molecule has 1 aromatic carbocycles. The van der Waals surface area contributed by atoms with E-state index < -0.39 is 0 Å². The zero-order valence-electron chi connectivity index (χ0n) is 13.3. The molecule has 2 aromatic rings. The summed E-state index contributed by atoms with van der Waals surface area (Å²) < 4.78 is 19.2. The van der Waals surface area contributed by atoms with Crippen LogP contribution >= 0.6 is 0 Å². The van der Waals surface area contributed by atoms with E-state index in [0.717, 1.165) is 0 Å². The lowest BCUT2D eigenvalue weighted by atomic mass is 10.2. The van der Waals surface area contributed by atoms with Gasteiger partial charge in [0, 0.05) is 39.2 Å². The summed E-state index contributed by atoms with van der Waals surface area (Å²) >= 11 is 0. The van der Waals surface area contributed by atoms with Gasteiger partial charge in [-0.2, -0.15) is 0 Å². The molecule has 3 rings (SSSR count). The summed E-state index contributed by atoms with van der Waals surface area (Å²) in [6, 6.07) is 9.70. The fourth-order valence-corrected chi connectivity index (χ4v) is 2.71. The summed E-state index contributed by atoms with van der Waals surface area (Å²) in [5.74, 6) is -0.334. The largest absolute Gasteiger partial charge is 0.435 e. The highest BCUT2D eigenvalue weighted by molar-refractivity contribution is 5.93. The molecule has 2 amide bonds. The molecule has 6 nitrogen and oxygen atoms in total. The summed E-state index contributed by atoms with van der Waals surface area (Å²) in [5, 5.41) is 2.49. The third kappa shape index (κ3) is 3.40. The summed E-state index contributed by atoms with van der Waals surface area (Å²) in [4.78, 5) is 27.0. The van der Waals surface area contributed by atoms with E-state index in [0.29, 0.717) is 31.9 Å². The maximum absolute atomic E-state index is 13.8. The molecule has 0 unspecified atom stereocenters. The van der Waals surface area contributed by atoms with Gasteiger partial charge >= 0.3 is 0 Å². The van der Waals surface area contributed by atoms with Crippen LogP contribution in [-0.4, -0.2) is 42.9 Å². The van der Waals surface area contributed by atoms with Crippen molar-refractivity contribution < 1.29 is 18.4 Å². The van der Waals surface area contributed by atoms with E-state index in [-0.39, 0.29) is 29.3 Å². The number of halogens is 1. The standard InChI is InChI=1S/C17H18FN3O3/c1-12(22)19-16-7-6-15(24-16)17(23)21-10-8-20(9-11-21)14-5-3-2-4-13(14)18/h2-7H,8-11H2,1H3,(H,19,22). The van der Waals surface area contributed by atoms with Crippen LogP contribution in [0.3, 0.4) is 0 Å². The molecule has 7 heteroatoms. The van der Waals surface area contributed by atoms with Crippen molar-refractivity contribution in [2.24, 2.45) is 0 Å². The highest BCUT2D eigenvalue weighted by Gasteiger charge is 2.25. The molecule has 0 radical (unpaired) electrons. The van der Waals surface area contributed by atoms with Crippen molar-refractivity contribution in [2.75, 3.05) is 36.4 Å². The molecule has 1 fully saturated rings. The van der Waals surface area contributed by atoms with Gasteiger partial charge < -0.3 is 14.2 Å². The number of furan rings is 1. The summed E-state index contributed by atoms with van der Waals surface area (Å²) in [6.45, 7) is 3.41. The van der Waals surface area contributed by atoms with Gasteiger partial charge in [0.25, 0.3) is 5.91 Å². The highest BCUT2D eigenvalue weighted by Crippen LogP contribution is 2.21. The average Bonchev–Trinajstić information content (AvgIpc) is 3.02. The molecule has 0 bridgehead atoms. The third-order valence-corrected chi connectivity index (χ3v) is 3.88. The molecule has 0 atom stereocenters. The first kappa shape index (κ1) is 16.0. The highest BCUT2D eigenvalue weighted by atomic mass is 19.1. The van der Waals surface area contributed by atoms with Crippen LogP contribution in [0.25, 0.3) is 0 Å². The summed E-state index contributed by atoms with van der Waals surface area (Å²) in [6.07, 6.45) is 0. The van der Waals surface area contributed by atoms with Crippen LogP contribution in [0.15, 0.2) is 40.8 Å². The Morgan fingerprint density at radius 1 is 1.08 bits per heavy atom. The number of anilines is 2. The Bertz CT molecular complexity index is 751. The zero-order valence-corrected chi connectivity index (χ0v) is 13.3. The number of carbonyl (C=O) groups is 2. The fraction of sp³-hybridized carbons (Fsp3) is 0.294. The second-order valence-corrected chi connectivity index (χ2v) is 5.58. The number of nitrogens with zero attached hydrogens (tertiary/aromatic N) is 2. The summed E-state index contributed by atoms with van der Waals surface area (Å²) in [7, 11) is 0. The van der Waals surface area contributed by atoms with E-state index in [1.807, 2.05) is 4.90 Å². The molecule has 24 heavy (non-hydrogen) atoms. The zero-order chi connectivity index (χ0) is 17.1. The molecular weight excluding hydrogens is 313 g/mol. The van der Waals surface area contributed by atoms with E-state index >= 15 is 0 Å². The third-order valence-electron chi connectivity index (χ3n) is 3.88. The van der Waals surface area contributed by atoms with Crippen molar-refractivity contribution in [3.63, 3.8) is 0 Å². The molecule has 0 aliphatic carbocycles. The lowest BCUT2D eigenvalue weighted by Crippen LogP contribution is -2.49. The van der Waals surface area contributed by atoms with Gasteiger partial charge in [-0.3, -0.25) is 14.9 Å². The topological polar surface area (TPSA) is 65.8 Å². The van der Waals surface area contributed by atoms with E-state index in [1.54, 1.807) is 29.2 Å². The molecule has 2 heterocycles. The first-order valence-corrected chi connectivity index (χ1v) is 7.71. The number of rotatable bonds is 3. The van der Waals surface area contributed by atoms with Crippen molar-refractivity contribution >= 4 is 23.4 Å². The molecule has 1 aliphatic heterocycles. The number of amides is 2. The molecule has 1 saturated heterocycles. The van der Waals surface area contributed by atoms with Crippen molar-refractivity contribution in [1.82, 2.24) is 4.90 Å². The lowest BCUT2D eigenvalue weighted by molar-refractivity contribution is -0.114. The van der Waals surface area contributed by atoms with E-state index in [4.69, 9.17) is 4.42 Å². The van der Waals surface area contributed by atoms with Gasteiger partial charge in [0.1, 0.15) is 5.82 Å². The van der Waals surface area contributed by atoms with Crippen molar-refractivity contribution in [3.8, 4) is 0 Å². The van der Waals surface area contributed by atoms with Gasteiger partial charge in [0.2, 0.25) is 5.91 Å². The molecular formula is C17H18FN3O3. The number of benzene rings is 1. The van der Waals surface area contributed by atoms with Gasteiger partial charge in [-0.1, -0.05) is 12.1 Å².